The van der Waals surface area contributed by atoms with Gasteiger partial charge in [0.05, 0.1) is 23.0 Å². The van der Waals surface area contributed by atoms with E-state index in [2.05, 4.69) is 11.2 Å². The lowest BCUT2D eigenvalue weighted by Crippen LogP contribution is -2.45. The second-order valence-electron chi connectivity index (χ2n) is 7.15. The van der Waals surface area contributed by atoms with Crippen LogP contribution in [-0.4, -0.2) is 39.7 Å². The van der Waals surface area contributed by atoms with E-state index in [1.807, 2.05) is 24.3 Å². The van der Waals surface area contributed by atoms with Crippen molar-refractivity contribution in [2.45, 2.75) is 18.9 Å². The number of nitrogens with zero attached hydrogens (tertiary/aromatic N) is 4. The molecular weight excluding hydrogens is 386 g/mol. The predicted molar refractivity (Wildman–Crippen MR) is 112 cm³/mol. The molecule has 1 atom stereocenters. The van der Waals surface area contributed by atoms with Gasteiger partial charge in [-0.05, 0) is 49.2 Å². The fourth-order valence-electron chi connectivity index (χ4n) is 3.57. The number of hydrogen-bond acceptors (Lipinski definition) is 4. The van der Waals surface area contributed by atoms with Crippen LogP contribution in [0.1, 0.15) is 28.9 Å². The van der Waals surface area contributed by atoms with E-state index in [9.17, 15) is 4.79 Å². The predicted octanol–water partition coefficient (Wildman–Crippen LogP) is 3.63. The molecule has 1 aromatic heterocycles. The third-order valence-corrected chi connectivity index (χ3v) is 5.27. The van der Waals surface area contributed by atoms with Crippen LogP contribution >= 0.6 is 11.6 Å². The molecule has 3 aromatic rings. The van der Waals surface area contributed by atoms with Gasteiger partial charge in [-0.3, -0.25) is 4.79 Å². The molecule has 0 saturated carbocycles. The number of likely N-dealkylation sites (tertiary alicyclic amines) is 1. The number of nitriles is 1. The molecule has 146 valence electrons. The van der Waals surface area contributed by atoms with Crippen molar-refractivity contribution in [1.29, 1.82) is 5.26 Å². The molecule has 1 aliphatic heterocycles. The van der Waals surface area contributed by atoms with E-state index >= 15 is 0 Å². The topological polar surface area (TPSA) is 87.9 Å². The number of carbonyl (C=O) groups is 1. The molecule has 1 amide bonds. The minimum atomic E-state index is -0.129. The van der Waals surface area contributed by atoms with Crippen molar-refractivity contribution in [2.75, 3.05) is 13.1 Å². The largest absolute Gasteiger partial charge is 0.336 e. The Morgan fingerprint density at radius 3 is 2.69 bits per heavy atom. The van der Waals surface area contributed by atoms with E-state index in [1.54, 1.807) is 39.9 Å². The molecule has 2 aromatic carbocycles. The first kappa shape index (κ1) is 19.2. The summed E-state index contributed by atoms with van der Waals surface area (Å²) in [6.07, 6.45) is 1.82. The van der Waals surface area contributed by atoms with Gasteiger partial charge in [0.2, 0.25) is 0 Å². The Kier molecular flexibility index (Phi) is 5.34. The van der Waals surface area contributed by atoms with Crippen LogP contribution in [-0.2, 0) is 0 Å². The Labute approximate surface area is 174 Å². The number of nitrogens with two attached hydrogens (primary N) is 1. The molecule has 0 unspecified atom stereocenters. The quantitative estimate of drug-likeness (QED) is 0.720. The van der Waals surface area contributed by atoms with Gasteiger partial charge in [0.25, 0.3) is 5.91 Å². The van der Waals surface area contributed by atoms with Crippen molar-refractivity contribution >= 4 is 17.5 Å². The number of benzene rings is 2. The molecule has 29 heavy (non-hydrogen) atoms. The fraction of sp³-hybridized carbons (Fsp3) is 0.227. The fourth-order valence-corrected chi connectivity index (χ4v) is 3.75. The van der Waals surface area contributed by atoms with Gasteiger partial charge in [0.15, 0.2) is 5.69 Å². The molecule has 1 fully saturated rings. The highest BCUT2D eigenvalue weighted by Crippen LogP contribution is 2.26. The summed E-state index contributed by atoms with van der Waals surface area (Å²) in [4.78, 5) is 14.8. The third kappa shape index (κ3) is 4.02. The highest BCUT2D eigenvalue weighted by atomic mass is 35.5. The molecule has 1 aliphatic rings. The molecule has 4 rings (SSSR count). The van der Waals surface area contributed by atoms with Crippen LogP contribution in [0.3, 0.4) is 0 Å². The summed E-state index contributed by atoms with van der Waals surface area (Å²) in [5, 5.41) is 14.2. The molecule has 1 saturated heterocycles. The van der Waals surface area contributed by atoms with Crippen LogP contribution in [0.5, 0.6) is 0 Å². The van der Waals surface area contributed by atoms with Crippen LogP contribution in [0, 0.1) is 11.3 Å². The van der Waals surface area contributed by atoms with Crippen LogP contribution in [0.4, 0.5) is 0 Å². The lowest BCUT2D eigenvalue weighted by atomic mass is 10.1. The van der Waals surface area contributed by atoms with Crippen LogP contribution < -0.4 is 5.73 Å². The second kappa shape index (κ2) is 8.08. The van der Waals surface area contributed by atoms with Gasteiger partial charge < -0.3 is 10.6 Å². The Bertz CT molecular complexity index is 1080. The van der Waals surface area contributed by atoms with Gasteiger partial charge in [-0.1, -0.05) is 29.8 Å². The molecule has 0 aliphatic carbocycles. The molecule has 0 spiro atoms. The van der Waals surface area contributed by atoms with Crippen molar-refractivity contribution < 1.29 is 4.79 Å². The zero-order valence-electron chi connectivity index (χ0n) is 15.8. The zero-order valence-corrected chi connectivity index (χ0v) is 16.5. The normalized spacial score (nSPS) is 16.4. The van der Waals surface area contributed by atoms with Crippen molar-refractivity contribution in [3.05, 3.63) is 70.9 Å². The van der Waals surface area contributed by atoms with Gasteiger partial charge >= 0.3 is 0 Å². The van der Waals surface area contributed by atoms with Crippen molar-refractivity contribution in [3.63, 3.8) is 0 Å². The second-order valence-corrected chi connectivity index (χ2v) is 7.59. The SMILES string of the molecule is N#Cc1ccc(-c2cc(C(=O)N3CCC[C@@H](N)C3)nn2-c2cccc(Cl)c2)cc1. The number of halogens is 1. The molecule has 0 radical (unpaired) electrons. The standard InChI is InChI=1S/C22H20ClN5O/c23-17-3-1-5-19(11-17)28-21(16-8-6-15(13-24)7-9-16)12-20(26-28)22(29)27-10-2-4-18(25)14-27/h1,3,5-9,11-12,18H,2,4,10,14,25H2/t18-/m1/s1. The lowest BCUT2D eigenvalue weighted by Gasteiger charge is -2.30. The number of aromatic nitrogens is 2. The van der Waals surface area contributed by atoms with Crippen LogP contribution in [0.25, 0.3) is 16.9 Å². The Balaban J connectivity index is 1.78. The van der Waals surface area contributed by atoms with E-state index in [1.165, 1.54) is 0 Å². The number of piperidine rings is 1. The zero-order chi connectivity index (χ0) is 20.4. The number of rotatable bonds is 3. The first-order chi connectivity index (χ1) is 14.0. The summed E-state index contributed by atoms with van der Waals surface area (Å²) in [6.45, 7) is 1.22. The van der Waals surface area contributed by atoms with Gasteiger partial charge in [0, 0.05) is 29.7 Å². The maximum absolute atomic E-state index is 13.1. The van der Waals surface area contributed by atoms with E-state index in [0.29, 0.717) is 29.4 Å². The highest BCUT2D eigenvalue weighted by Gasteiger charge is 2.25. The minimum Gasteiger partial charge on any atom is -0.336 e. The van der Waals surface area contributed by atoms with Crippen molar-refractivity contribution in [3.8, 4) is 23.0 Å². The molecule has 7 heteroatoms. The molecule has 6 nitrogen and oxygen atoms in total. The summed E-state index contributed by atoms with van der Waals surface area (Å²) in [5.41, 5.74) is 9.33. The van der Waals surface area contributed by atoms with Crippen molar-refractivity contribution in [1.82, 2.24) is 14.7 Å². The Morgan fingerprint density at radius 1 is 1.21 bits per heavy atom. The summed E-state index contributed by atoms with van der Waals surface area (Å²) >= 11 is 6.17. The van der Waals surface area contributed by atoms with E-state index < -0.39 is 0 Å². The average molecular weight is 406 g/mol. The van der Waals surface area contributed by atoms with Gasteiger partial charge in [-0.25, -0.2) is 4.68 Å². The summed E-state index contributed by atoms with van der Waals surface area (Å²) in [7, 11) is 0. The monoisotopic (exact) mass is 405 g/mol. The lowest BCUT2D eigenvalue weighted by molar-refractivity contribution is 0.0702. The smallest absolute Gasteiger partial charge is 0.274 e. The van der Waals surface area contributed by atoms with E-state index in [-0.39, 0.29) is 11.9 Å². The van der Waals surface area contributed by atoms with Crippen molar-refractivity contribution in [2.24, 2.45) is 5.73 Å². The molecular formula is C22H20ClN5O. The van der Waals surface area contributed by atoms with Gasteiger partial charge in [-0.15, -0.1) is 0 Å². The van der Waals surface area contributed by atoms with E-state index in [0.717, 1.165) is 29.8 Å². The van der Waals surface area contributed by atoms with Gasteiger partial charge in [0.1, 0.15) is 0 Å². The van der Waals surface area contributed by atoms with E-state index in [4.69, 9.17) is 22.6 Å². The maximum Gasteiger partial charge on any atom is 0.274 e. The summed E-state index contributed by atoms with van der Waals surface area (Å²) in [5.74, 6) is -0.129. The number of amides is 1. The molecule has 2 N–H and O–H groups in total. The Morgan fingerprint density at radius 2 is 2.00 bits per heavy atom. The maximum atomic E-state index is 13.1. The van der Waals surface area contributed by atoms with Crippen LogP contribution in [0.15, 0.2) is 54.6 Å². The molecule has 0 bridgehead atoms. The summed E-state index contributed by atoms with van der Waals surface area (Å²) < 4.78 is 1.71. The average Bonchev–Trinajstić information content (AvgIpc) is 3.19. The van der Waals surface area contributed by atoms with Crippen LogP contribution in [0.2, 0.25) is 5.02 Å². The molecule has 2 heterocycles. The number of carbonyl (C=O) groups excluding carboxylic acids is 1. The number of hydrogen-bond donors (Lipinski definition) is 1. The first-order valence-corrected chi connectivity index (χ1v) is 9.84. The minimum absolute atomic E-state index is 0.000659. The third-order valence-electron chi connectivity index (χ3n) is 5.04. The first-order valence-electron chi connectivity index (χ1n) is 9.46. The highest BCUT2D eigenvalue weighted by molar-refractivity contribution is 6.30. The van der Waals surface area contributed by atoms with Gasteiger partial charge in [-0.2, -0.15) is 10.4 Å². The Hall–Kier alpha value is -3.14. The summed E-state index contributed by atoms with van der Waals surface area (Å²) in [6, 6.07) is 18.4.